The molecular weight excluding hydrogens is 410 g/mol. The molecule has 0 aromatic carbocycles. The summed E-state index contributed by atoms with van der Waals surface area (Å²) < 4.78 is 17.9. The zero-order chi connectivity index (χ0) is 22.7. The predicted molar refractivity (Wildman–Crippen MR) is 110 cm³/mol. The van der Waals surface area contributed by atoms with Gasteiger partial charge < -0.3 is 14.2 Å². The van der Waals surface area contributed by atoms with E-state index < -0.39 is 27.9 Å². The van der Waals surface area contributed by atoms with Gasteiger partial charge in [-0.2, -0.15) is 5.26 Å². The molecule has 6 aliphatic rings. The van der Waals surface area contributed by atoms with Crippen molar-refractivity contribution >= 4 is 17.7 Å². The fraction of sp³-hybridized carbons (Fsp3) is 0.840. The third-order valence-electron chi connectivity index (χ3n) is 11.1. The molecule has 7 heteroatoms. The summed E-state index contributed by atoms with van der Waals surface area (Å²) in [5.41, 5.74) is -2.77. The minimum atomic E-state index is -0.920. The van der Waals surface area contributed by atoms with Gasteiger partial charge in [0.1, 0.15) is 17.0 Å². The number of epoxide rings is 1. The molecule has 2 heterocycles. The molecule has 172 valence electrons. The topological polar surface area (TPSA) is 106 Å². The number of hydrogen-bond donors (Lipinski definition) is 0. The van der Waals surface area contributed by atoms with Crippen LogP contribution < -0.4 is 0 Å². The molecule has 4 aliphatic carbocycles. The standard InChI is InChI=1S/C25H31NO6/c1-21-12-17-25(31-17)19(16(21)5-8-24(21)9-6-18(28)32-24)15(20(29)30-3)11-23(13-26)10-14(27)4-7-22(23,25)2/h15-17,19H,4-12H2,1-3H3/t15-,16?,17-,19?,21+,22+,23+,24-,25-/m1/s1. The minimum absolute atomic E-state index is 0.0954. The van der Waals surface area contributed by atoms with Gasteiger partial charge in [0.05, 0.1) is 30.6 Å². The zero-order valence-electron chi connectivity index (χ0n) is 19.1. The van der Waals surface area contributed by atoms with Crippen LogP contribution in [0, 0.1) is 45.3 Å². The minimum Gasteiger partial charge on any atom is -0.469 e. The van der Waals surface area contributed by atoms with E-state index >= 15 is 0 Å². The molecule has 2 saturated heterocycles. The van der Waals surface area contributed by atoms with Crippen molar-refractivity contribution in [1.29, 1.82) is 5.26 Å². The number of nitrogens with zero attached hydrogens (tertiary/aromatic N) is 1. The Morgan fingerprint density at radius 1 is 1.16 bits per heavy atom. The van der Waals surface area contributed by atoms with Crippen LogP contribution in [0.1, 0.15) is 71.6 Å². The van der Waals surface area contributed by atoms with Gasteiger partial charge in [0.25, 0.3) is 0 Å². The fourth-order valence-corrected chi connectivity index (χ4v) is 9.46. The summed E-state index contributed by atoms with van der Waals surface area (Å²) >= 11 is 0. The highest BCUT2D eigenvalue weighted by atomic mass is 16.6. The summed E-state index contributed by atoms with van der Waals surface area (Å²) in [5, 5.41) is 10.4. The normalized spacial score (nSPS) is 55.2. The highest BCUT2D eigenvalue weighted by Gasteiger charge is 2.86. The van der Waals surface area contributed by atoms with Crippen molar-refractivity contribution in [3.63, 3.8) is 0 Å². The molecule has 0 aromatic heterocycles. The molecule has 0 N–H and O–H groups in total. The molecule has 0 amide bonds. The fourth-order valence-electron chi connectivity index (χ4n) is 9.46. The first-order valence-electron chi connectivity index (χ1n) is 12.0. The lowest BCUT2D eigenvalue weighted by atomic mass is 9.37. The number of ether oxygens (including phenoxy) is 3. The van der Waals surface area contributed by atoms with Crippen LogP contribution in [0.5, 0.6) is 0 Å². The predicted octanol–water partition coefficient (Wildman–Crippen LogP) is 3.10. The summed E-state index contributed by atoms with van der Waals surface area (Å²) in [6.45, 7) is 4.36. The van der Waals surface area contributed by atoms with Crippen LogP contribution in [0.2, 0.25) is 0 Å². The average molecular weight is 442 g/mol. The van der Waals surface area contributed by atoms with Crippen LogP contribution in [0.15, 0.2) is 0 Å². The van der Waals surface area contributed by atoms with Gasteiger partial charge in [-0.25, -0.2) is 0 Å². The van der Waals surface area contributed by atoms with Crippen molar-refractivity contribution in [3.8, 4) is 6.07 Å². The van der Waals surface area contributed by atoms with Crippen LogP contribution >= 0.6 is 0 Å². The maximum Gasteiger partial charge on any atom is 0.309 e. The van der Waals surface area contributed by atoms with Gasteiger partial charge in [-0.05, 0) is 44.4 Å². The Morgan fingerprint density at radius 3 is 2.59 bits per heavy atom. The Morgan fingerprint density at radius 2 is 1.94 bits per heavy atom. The van der Waals surface area contributed by atoms with Crippen molar-refractivity contribution in [2.24, 2.45) is 34.0 Å². The first kappa shape index (κ1) is 20.7. The van der Waals surface area contributed by atoms with Crippen molar-refractivity contribution in [3.05, 3.63) is 0 Å². The number of Topliss-reactive ketones (excluding diaryl/α,β-unsaturated/α-hetero) is 1. The third kappa shape index (κ3) is 2.01. The molecule has 2 aliphatic heterocycles. The molecule has 0 aromatic rings. The molecule has 6 fully saturated rings. The smallest absolute Gasteiger partial charge is 0.309 e. The van der Waals surface area contributed by atoms with Crippen LogP contribution in [-0.4, -0.2) is 42.1 Å². The number of carbonyl (C=O) groups excluding carboxylic acids is 3. The van der Waals surface area contributed by atoms with Crippen molar-refractivity contribution in [1.82, 2.24) is 0 Å². The molecular formula is C25H31NO6. The molecule has 2 unspecified atom stereocenters. The largest absolute Gasteiger partial charge is 0.469 e. The molecule has 0 radical (unpaired) electrons. The number of ketones is 1. The summed E-state index contributed by atoms with van der Waals surface area (Å²) in [6, 6.07) is 2.53. The molecule has 4 saturated carbocycles. The molecule has 7 nitrogen and oxygen atoms in total. The maximum atomic E-state index is 13.2. The molecule has 32 heavy (non-hydrogen) atoms. The molecule has 0 bridgehead atoms. The number of nitriles is 1. The Balaban J connectivity index is 1.51. The third-order valence-corrected chi connectivity index (χ3v) is 11.1. The van der Waals surface area contributed by atoms with Crippen LogP contribution in [0.3, 0.4) is 0 Å². The molecule has 6 rings (SSSR count). The lowest BCUT2D eigenvalue weighted by molar-refractivity contribution is -0.193. The average Bonchev–Trinajstić information content (AvgIpc) is 3.25. The number of hydrogen-bond acceptors (Lipinski definition) is 7. The van der Waals surface area contributed by atoms with Gasteiger partial charge in [-0.3, -0.25) is 14.4 Å². The van der Waals surface area contributed by atoms with Crippen molar-refractivity contribution < 1.29 is 28.6 Å². The van der Waals surface area contributed by atoms with E-state index in [0.717, 1.165) is 25.7 Å². The summed E-state index contributed by atoms with van der Waals surface area (Å²) in [6.07, 6.45) is 5.10. The second kappa shape index (κ2) is 5.94. The number of carbonyl (C=O) groups is 3. The highest BCUT2D eigenvalue weighted by molar-refractivity contribution is 5.82. The van der Waals surface area contributed by atoms with Gasteiger partial charge in [-0.1, -0.05) is 13.8 Å². The quantitative estimate of drug-likeness (QED) is 0.455. The highest BCUT2D eigenvalue weighted by Crippen LogP contribution is 2.80. The van der Waals surface area contributed by atoms with E-state index in [4.69, 9.17) is 14.2 Å². The van der Waals surface area contributed by atoms with E-state index in [1.54, 1.807) is 0 Å². The van der Waals surface area contributed by atoms with E-state index in [9.17, 15) is 19.6 Å². The summed E-state index contributed by atoms with van der Waals surface area (Å²) in [7, 11) is 1.40. The van der Waals surface area contributed by atoms with E-state index in [0.29, 0.717) is 25.7 Å². The number of fused-ring (bicyclic) bond motifs is 4. The van der Waals surface area contributed by atoms with Crippen molar-refractivity contribution in [2.75, 3.05) is 7.11 Å². The van der Waals surface area contributed by atoms with Crippen molar-refractivity contribution in [2.45, 2.75) is 88.9 Å². The van der Waals surface area contributed by atoms with Gasteiger partial charge in [0.15, 0.2) is 0 Å². The Kier molecular flexibility index (Phi) is 3.83. The lowest BCUT2D eigenvalue weighted by Crippen LogP contribution is -2.68. The Labute approximate surface area is 188 Å². The summed E-state index contributed by atoms with van der Waals surface area (Å²) in [4.78, 5) is 37.9. The first-order valence-corrected chi connectivity index (χ1v) is 12.0. The zero-order valence-corrected chi connectivity index (χ0v) is 19.1. The van der Waals surface area contributed by atoms with Crippen LogP contribution in [0.25, 0.3) is 0 Å². The second-order valence-corrected chi connectivity index (χ2v) is 11.7. The van der Waals surface area contributed by atoms with E-state index in [2.05, 4.69) is 19.9 Å². The van der Waals surface area contributed by atoms with Gasteiger partial charge >= 0.3 is 11.9 Å². The first-order chi connectivity index (χ1) is 15.1. The lowest BCUT2D eigenvalue weighted by Gasteiger charge is -2.63. The van der Waals surface area contributed by atoms with Crippen LogP contribution in [0.4, 0.5) is 0 Å². The summed E-state index contributed by atoms with van der Waals surface area (Å²) in [5.74, 6) is -0.806. The number of rotatable bonds is 1. The van der Waals surface area contributed by atoms with E-state index in [1.807, 2.05) is 0 Å². The maximum absolute atomic E-state index is 13.2. The number of esters is 2. The Bertz CT molecular complexity index is 987. The van der Waals surface area contributed by atoms with E-state index in [1.165, 1.54) is 7.11 Å². The van der Waals surface area contributed by atoms with Gasteiger partial charge in [0.2, 0.25) is 0 Å². The number of methoxy groups -OCH3 is 1. The monoisotopic (exact) mass is 441 g/mol. The molecule has 2 spiro atoms. The van der Waals surface area contributed by atoms with E-state index in [-0.39, 0.29) is 47.5 Å². The van der Waals surface area contributed by atoms with Crippen LogP contribution in [-0.2, 0) is 28.6 Å². The Hall–Kier alpha value is -1.94. The second-order valence-electron chi connectivity index (χ2n) is 11.7. The van der Waals surface area contributed by atoms with Gasteiger partial charge in [-0.15, -0.1) is 0 Å². The molecule has 9 atom stereocenters. The van der Waals surface area contributed by atoms with Gasteiger partial charge in [0, 0.05) is 36.0 Å². The SMILES string of the molecule is COC(=O)[C@@H]1C[C@]2(C#N)CC(=O)CC[C@]2(C)[C@@]23O[C@@H]2C[C@@]2(C)C(CC[C@@]24CCC(=O)O4)C13.